The van der Waals surface area contributed by atoms with Gasteiger partial charge in [-0.1, -0.05) is 12.1 Å². The summed E-state index contributed by atoms with van der Waals surface area (Å²) in [6.45, 7) is 7.30. The summed E-state index contributed by atoms with van der Waals surface area (Å²) in [6, 6.07) is 4.85. The maximum Gasteiger partial charge on any atom is 0.410 e. The third kappa shape index (κ3) is 5.70. The predicted octanol–water partition coefficient (Wildman–Crippen LogP) is 1.72. The molecule has 2 aromatic rings. The van der Waals surface area contributed by atoms with Gasteiger partial charge in [0.1, 0.15) is 11.6 Å². The summed E-state index contributed by atoms with van der Waals surface area (Å²) < 4.78 is 8.41. The number of para-hydroxylation sites is 1. The van der Waals surface area contributed by atoms with Crippen molar-refractivity contribution in [1.29, 1.82) is 0 Å². The molecular weight excluding hydrogens is 478 g/mol. The van der Waals surface area contributed by atoms with Crippen molar-refractivity contribution in [2.24, 2.45) is 7.05 Å². The molecule has 1 N–H and O–H groups in total. The largest absolute Gasteiger partial charge is 0.444 e. The van der Waals surface area contributed by atoms with Gasteiger partial charge in [0.15, 0.2) is 0 Å². The highest BCUT2D eigenvalue weighted by molar-refractivity contribution is 6.00. The van der Waals surface area contributed by atoms with Crippen LogP contribution in [-0.4, -0.2) is 74.5 Å². The number of benzene rings is 1. The van der Waals surface area contributed by atoms with Gasteiger partial charge in [0.2, 0.25) is 17.7 Å². The molecule has 2 aliphatic heterocycles. The quantitative estimate of drug-likeness (QED) is 0.608. The molecule has 3 heterocycles. The predicted molar refractivity (Wildman–Crippen MR) is 136 cm³/mol. The van der Waals surface area contributed by atoms with Crippen LogP contribution >= 0.6 is 0 Å². The molecule has 1 atom stereocenters. The highest BCUT2D eigenvalue weighted by atomic mass is 16.6. The number of imide groups is 1. The van der Waals surface area contributed by atoms with Gasteiger partial charge < -0.3 is 14.5 Å². The van der Waals surface area contributed by atoms with E-state index in [0.29, 0.717) is 51.0 Å². The first kappa shape index (κ1) is 26.4. The van der Waals surface area contributed by atoms with E-state index in [1.165, 1.54) is 9.13 Å². The number of piperazine rings is 1. The molecule has 2 fully saturated rings. The van der Waals surface area contributed by atoms with Gasteiger partial charge in [-0.3, -0.25) is 28.8 Å². The molecule has 1 aromatic heterocycles. The number of carbonyl (C=O) groups excluding carboxylic acids is 4. The Kier molecular flexibility index (Phi) is 7.42. The van der Waals surface area contributed by atoms with Crippen molar-refractivity contribution in [3.63, 3.8) is 0 Å². The fourth-order valence-corrected chi connectivity index (χ4v) is 5.00. The molecule has 1 unspecified atom stereocenters. The third-order valence-electron chi connectivity index (χ3n) is 6.83. The Morgan fingerprint density at radius 3 is 2.38 bits per heavy atom. The summed E-state index contributed by atoms with van der Waals surface area (Å²) in [5.74, 6) is -0.759. The topological polar surface area (TPSA) is 123 Å². The second-order valence-corrected chi connectivity index (χ2v) is 10.7. The zero-order valence-electron chi connectivity index (χ0n) is 21.9. The number of ether oxygens (including phenoxy) is 1. The van der Waals surface area contributed by atoms with E-state index in [9.17, 15) is 24.0 Å². The summed E-state index contributed by atoms with van der Waals surface area (Å²) in [6.07, 6.45) is 1.65. The number of nitrogens with one attached hydrogen (secondary N) is 1. The van der Waals surface area contributed by atoms with Crippen molar-refractivity contribution in [2.45, 2.75) is 64.5 Å². The molecule has 0 bridgehead atoms. The average molecular weight is 514 g/mol. The minimum absolute atomic E-state index is 0.0333. The number of nitrogens with zero attached hydrogens (tertiary/aromatic N) is 4. The van der Waals surface area contributed by atoms with Crippen molar-refractivity contribution >= 4 is 34.8 Å². The van der Waals surface area contributed by atoms with Crippen LogP contribution < -0.4 is 11.0 Å². The molecule has 4 rings (SSSR count). The van der Waals surface area contributed by atoms with Crippen molar-refractivity contribution in [1.82, 2.24) is 24.3 Å². The number of aromatic nitrogens is 2. The number of hydrogen-bond acceptors (Lipinski definition) is 6. The molecule has 0 aliphatic carbocycles. The van der Waals surface area contributed by atoms with E-state index in [4.69, 9.17) is 4.74 Å². The lowest BCUT2D eigenvalue weighted by Gasteiger charge is -2.35. The minimum Gasteiger partial charge on any atom is -0.444 e. The normalized spacial score (nSPS) is 18.8. The summed E-state index contributed by atoms with van der Waals surface area (Å²) in [5.41, 5.74) is 1.43. The molecule has 11 nitrogen and oxygen atoms in total. The standard InChI is InChI=1S/C26H35N5O6/c1-26(2,3)37-25(36)30-15-13-29(14-16-30)21(33)10-6-8-17-7-5-9-18-22(17)28(4)24(35)31(18)19-11-12-20(32)27-23(19)34/h5,7,9,19H,6,8,10-16H2,1-4H3,(H,27,32,34). The number of carbonyl (C=O) groups is 4. The van der Waals surface area contributed by atoms with Gasteiger partial charge in [0, 0.05) is 46.1 Å². The molecule has 0 spiro atoms. The van der Waals surface area contributed by atoms with Crippen LogP contribution in [0.3, 0.4) is 0 Å². The maximum absolute atomic E-state index is 13.1. The number of fused-ring (bicyclic) bond motifs is 1. The summed E-state index contributed by atoms with van der Waals surface area (Å²) in [5, 5.41) is 2.32. The van der Waals surface area contributed by atoms with Crippen LogP contribution in [-0.2, 0) is 32.6 Å². The molecule has 1 aromatic carbocycles. The number of hydrogen-bond donors (Lipinski definition) is 1. The van der Waals surface area contributed by atoms with E-state index >= 15 is 0 Å². The molecule has 0 radical (unpaired) electrons. The highest BCUT2D eigenvalue weighted by Crippen LogP contribution is 2.26. The van der Waals surface area contributed by atoms with Crippen LogP contribution in [0.2, 0.25) is 0 Å². The lowest BCUT2D eigenvalue weighted by molar-refractivity contribution is -0.136. The van der Waals surface area contributed by atoms with Crippen LogP contribution in [0, 0.1) is 0 Å². The number of piperidine rings is 1. The van der Waals surface area contributed by atoms with Crippen molar-refractivity contribution < 1.29 is 23.9 Å². The fraction of sp³-hybridized carbons (Fsp3) is 0.577. The number of imidazole rings is 1. The first-order valence-corrected chi connectivity index (χ1v) is 12.7. The molecule has 0 saturated carbocycles. The van der Waals surface area contributed by atoms with Crippen molar-refractivity contribution in [3.05, 3.63) is 34.2 Å². The van der Waals surface area contributed by atoms with Gasteiger partial charge in [0.05, 0.1) is 11.0 Å². The molecular formula is C26H35N5O6. The maximum atomic E-state index is 13.1. The van der Waals surface area contributed by atoms with E-state index in [1.54, 1.807) is 22.9 Å². The van der Waals surface area contributed by atoms with Gasteiger partial charge in [0.25, 0.3) is 0 Å². The number of aryl methyl sites for hydroxylation is 2. The summed E-state index contributed by atoms with van der Waals surface area (Å²) in [4.78, 5) is 65.5. The Morgan fingerprint density at radius 2 is 1.73 bits per heavy atom. The third-order valence-corrected chi connectivity index (χ3v) is 6.83. The monoisotopic (exact) mass is 513 g/mol. The average Bonchev–Trinajstić information content (AvgIpc) is 3.09. The van der Waals surface area contributed by atoms with E-state index < -0.39 is 17.6 Å². The SMILES string of the molecule is Cn1c(=O)n(C2CCC(=O)NC2=O)c2cccc(CCCC(=O)N3CCN(C(=O)OC(C)(C)C)CC3)c21. The Bertz CT molecular complexity index is 1280. The summed E-state index contributed by atoms with van der Waals surface area (Å²) in [7, 11) is 1.67. The van der Waals surface area contributed by atoms with Crippen LogP contribution in [0.4, 0.5) is 4.79 Å². The lowest BCUT2D eigenvalue weighted by Crippen LogP contribution is -2.51. The first-order chi connectivity index (χ1) is 17.5. The molecule has 2 aliphatic rings. The highest BCUT2D eigenvalue weighted by Gasteiger charge is 2.32. The second kappa shape index (κ2) is 10.4. The van der Waals surface area contributed by atoms with Crippen molar-refractivity contribution in [2.75, 3.05) is 26.2 Å². The van der Waals surface area contributed by atoms with Crippen LogP contribution in [0.5, 0.6) is 0 Å². The zero-order valence-corrected chi connectivity index (χ0v) is 21.9. The Balaban J connectivity index is 1.38. The lowest BCUT2D eigenvalue weighted by atomic mass is 10.0. The van der Waals surface area contributed by atoms with E-state index in [0.717, 1.165) is 11.1 Å². The minimum atomic E-state index is -0.731. The van der Waals surface area contributed by atoms with E-state index in [1.807, 2.05) is 32.9 Å². The van der Waals surface area contributed by atoms with Gasteiger partial charge in [-0.15, -0.1) is 0 Å². The van der Waals surface area contributed by atoms with Crippen LogP contribution in [0.25, 0.3) is 11.0 Å². The van der Waals surface area contributed by atoms with E-state index in [-0.39, 0.29) is 36.4 Å². The Morgan fingerprint density at radius 1 is 1.05 bits per heavy atom. The molecule has 37 heavy (non-hydrogen) atoms. The molecule has 4 amide bonds. The van der Waals surface area contributed by atoms with Gasteiger partial charge in [-0.2, -0.15) is 0 Å². The number of rotatable bonds is 5. The van der Waals surface area contributed by atoms with Crippen LogP contribution in [0.15, 0.2) is 23.0 Å². The molecule has 2 saturated heterocycles. The smallest absolute Gasteiger partial charge is 0.410 e. The molecule has 11 heteroatoms. The van der Waals surface area contributed by atoms with E-state index in [2.05, 4.69) is 5.32 Å². The van der Waals surface area contributed by atoms with Gasteiger partial charge in [-0.05, 0) is 51.7 Å². The van der Waals surface area contributed by atoms with Crippen LogP contribution in [0.1, 0.15) is 58.1 Å². The fourth-order valence-electron chi connectivity index (χ4n) is 5.00. The summed E-state index contributed by atoms with van der Waals surface area (Å²) >= 11 is 0. The van der Waals surface area contributed by atoms with Gasteiger partial charge >= 0.3 is 11.8 Å². The van der Waals surface area contributed by atoms with Crippen molar-refractivity contribution in [3.8, 4) is 0 Å². The molecule has 200 valence electrons. The Hall–Kier alpha value is -3.63. The number of amides is 4. The zero-order chi connectivity index (χ0) is 26.9. The first-order valence-electron chi connectivity index (χ1n) is 12.7. The second-order valence-electron chi connectivity index (χ2n) is 10.7. The van der Waals surface area contributed by atoms with Gasteiger partial charge in [-0.25, -0.2) is 9.59 Å². The Labute approximate surface area is 215 Å².